The minimum Gasteiger partial charge on any atom is -0.390 e. The highest BCUT2D eigenvalue weighted by atomic mass is 16.3. The van der Waals surface area contributed by atoms with Crippen LogP contribution in [0.5, 0.6) is 0 Å². The van der Waals surface area contributed by atoms with E-state index in [4.69, 9.17) is 0 Å². The monoisotopic (exact) mass is 151 g/mol. The van der Waals surface area contributed by atoms with Crippen LogP contribution in [0, 0.1) is 0 Å². The number of aliphatic hydroxyl groups is 1. The van der Waals surface area contributed by atoms with Crippen LogP contribution in [-0.2, 0) is 6.42 Å². The maximum atomic E-state index is 9.52. The summed E-state index contributed by atoms with van der Waals surface area (Å²) >= 11 is 0. The molecular weight excluding hydrogens is 138 g/mol. The van der Waals surface area contributed by atoms with Crippen LogP contribution in [0.4, 0.5) is 0 Å². The molecular formula is C9H13NO. The number of aromatic nitrogens is 1. The molecule has 2 nitrogen and oxygen atoms in total. The molecule has 60 valence electrons. The van der Waals surface area contributed by atoms with Crippen molar-refractivity contribution in [2.45, 2.75) is 31.3 Å². The van der Waals surface area contributed by atoms with Crippen molar-refractivity contribution in [1.82, 2.24) is 4.98 Å². The predicted molar refractivity (Wildman–Crippen MR) is 43.3 cm³/mol. The average Bonchev–Trinajstić information content (AvgIpc) is 2.53. The Balaban J connectivity index is 1.83. The van der Waals surface area contributed by atoms with Gasteiger partial charge in [-0.3, -0.25) is 0 Å². The van der Waals surface area contributed by atoms with Gasteiger partial charge in [-0.25, -0.2) is 0 Å². The molecule has 2 N–H and O–H groups in total. The lowest BCUT2D eigenvalue weighted by Gasteiger charge is -2.04. The molecule has 0 bridgehead atoms. The maximum absolute atomic E-state index is 9.52. The molecule has 0 saturated heterocycles. The lowest BCUT2D eigenvalue weighted by atomic mass is 10.1. The number of rotatable bonds is 3. The molecule has 1 saturated carbocycles. The van der Waals surface area contributed by atoms with Gasteiger partial charge < -0.3 is 10.1 Å². The second-order valence-corrected chi connectivity index (χ2v) is 3.44. The second-order valence-electron chi connectivity index (χ2n) is 3.44. The topological polar surface area (TPSA) is 36.0 Å². The molecule has 0 spiro atoms. The summed E-state index contributed by atoms with van der Waals surface area (Å²) in [5.74, 6) is 0. The summed E-state index contributed by atoms with van der Waals surface area (Å²) in [7, 11) is 0. The van der Waals surface area contributed by atoms with Gasteiger partial charge in [-0.2, -0.15) is 0 Å². The van der Waals surface area contributed by atoms with Crippen molar-refractivity contribution in [3.63, 3.8) is 0 Å². The quantitative estimate of drug-likeness (QED) is 0.674. The molecule has 1 aromatic rings. The first-order valence-electron chi connectivity index (χ1n) is 4.13. The van der Waals surface area contributed by atoms with Gasteiger partial charge in [-0.05, 0) is 37.3 Å². The summed E-state index contributed by atoms with van der Waals surface area (Å²) in [6.45, 7) is 0. The van der Waals surface area contributed by atoms with Gasteiger partial charge in [0.25, 0.3) is 0 Å². The van der Waals surface area contributed by atoms with Gasteiger partial charge in [0.2, 0.25) is 0 Å². The number of aromatic amines is 1. The highest BCUT2D eigenvalue weighted by molar-refractivity contribution is 5.10. The Morgan fingerprint density at radius 1 is 1.55 bits per heavy atom. The van der Waals surface area contributed by atoms with Crippen LogP contribution in [-0.4, -0.2) is 15.7 Å². The third-order valence-electron chi connectivity index (χ3n) is 2.37. The van der Waals surface area contributed by atoms with Crippen molar-refractivity contribution in [2.75, 3.05) is 0 Å². The third-order valence-corrected chi connectivity index (χ3v) is 2.37. The van der Waals surface area contributed by atoms with E-state index in [1.54, 1.807) is 0 Å². The smallest absolute Gasteiger partial charge is 0.0653 e. The Morgan fingerprint density at radius 2 is 2.36 bits per heavy atom. The van der Waals surface area contributed by atoms with E-state index in [0.29, 0.717) is 0 Å². The molecule has 0 atom stereocenters. The van der Waals surface area contributed by atoms with Crippen LogP contribution in [0.1, 0.15) is 24.8 Å². The van der Waals surface area contributed by atoms with E-state index in [1.165, 1.54) is 5.56 Å². The summed E-state index contributed by atoms with van der Waals surface area (Å²) in [5.41, 5.74) is 1.00. The highest BCUT2D eigenvalue weighted by Crippen LogP contribution is 2.39. The fourth-order valence-electron chi connectivity index (χ4n) is 1.29. The minimum absolute atomic E-state index is 0.294. The summed E-state index contributed by atoms with van der Waals surface area (Å²) in [4.78, 5) is 3.00. The Kier molecular flexibility index (Phi) is 1.50. The maximum Gasteiger partial charge on any atom is 0.0653 e. The van der Waals surface area contributed by atoms with Gasteiger partial charge in [0.1, 0.15) is 0 Å². The summed E-state index contributed by atoms with van der Waals surface area (Å²) in [6.07, 6.45) is 7.83. The second kappa shape index (κ2) is 2.38. The Bertz CT molecular complexity index is 224. The van der Waals surface area contributed by atoms with E-state index in [-0.39, 0.29) is 5.60 Å². The Labute approximate surface area is 66.3 Å². The molecule has 0 radical (unpaired) electrons. The van der Waals surface area contributed by atoms with Gasteiger partial charge in [-0.1, -0.05) is 0 Å². The summed E-state index contributed by atoms with van der Waals surface area (Å²) in [6, 6.07) is 2.06. The third kappa shape index (κ3) is 1.63. The molecule has 1 aromatic heterocycles. The van der Waals surface area contributed by atoms with Gasteiger partial charge in [-0.15, -0.1) is 0 Å². The van der Waals surface area contributed by atoms with E-state index in [0.717, 1.165) is 25.7 Å². The highest BCUT2D eigenvalue weighted by Gasteiger charge is 2.39. The van der Waals surface area contributed by atoms with Crippen molar-refractivity contribution in [3.05, 3.63) is 24.0 Å². The van der Waals surface area contributed by atoms with Gasteiger partial charge >= 0.3 is 0 Å². The number of hydrogen-bond acceptors (Lipinski definition) is 1. The molecule has 1 aliphatic carbocycles. The molecule has 11 heavy (non-hydrogen) atoms. The zero-order valence-electron chi connectivity index (χ0n) is 6.51. The number of hydrogen-bond donors (Lipinski definition) is 2. The number of H-pyrrole nitrogens is 1. The minimum atomic E-state index is -0.294. The molecule has 2 heteroatoms. The number of nitrogens with one attached hydrogen (secondary N) is 1. The largest absolute Gasteiger partial charge is 0.390 e. The van der Waals surface area contributed by atoms with Crippen LogP contribution >= 0.6 is 0 Å². The molecule has 0 aromatic carbocycles. The van der Waals surface area contributed by atoms with E-state index >= 15 is 0 Å². The van der Waals surface area contributed by atoms with Gasteiger partial charge in [0.05, 0.1) is 5.60 Å². The molecule has 1 fully saturated rings. The molecule has 0 amide bonds. The lowest BCUT2D eigenvalue weighted by Crippen LogP contribution is -2.07. The first-order chi connectivity index (χ1) is 5.29. The SMILES string of the molecule is OC1(CCc2cc[nH]c2)CC1. The van der Waals surface area contributed by atoms with Crippen molar-refractivity contribution in [2.24, 2.45) is 0 Å². The molecule has 0 unspecified atom stereocenters. The molecule has 2 rings (SSSR count). The van der Waals surface area contributed by atoms with E-state index < -0.39 is 0 Å². The van der Waals surface area contributed by atoms with E-state index in [2.05, 4.69) is 11.1 Å². The van der Waals surface area contributed by atoms with E-state index in [9.17, 15) is 5.11 Å². The lowest BCUT2D eigenvalue weighted by molar-refractivity contribution is 0.140. The first-order valence-corrected chi connectivity index (χ1v) is 4.13. The molecule has 1 heterocycles. The molecule has 0 aliphatic heterocycles. The van der Waals surface area contributed by atoms with Crippen LogP contribution in [0.3, 0.4) is 0 Å². The summed E-state index contributed by atoms with van der Waals surface area (Å²) in [5, 5.41) is 9.52. The van der Waals surface area contributed by atoms with Crippen LogP contribution in [0.15, 0.2) is 18.5 Å². The van der Waals surface area contributed by atoms with Crippen LogP contribution in [0.25, 0.3) is 0 Å². The zero-order valence-corrected chi connectivity index (χ0v) is 6.51. The van der Waals surface area contributed by atoms with Gasteiger partial charge in [0, 0.05) is 12.4 Å². The van der Waals surface area contributed by atoms with Crippen molar-refractivity contribution < 1.29 is 5.11 Å². The van der Waals surface area contributed by atoms with Crippen molar-refractivity contribution in [3.8, 4) is 0 Å². The normalized spacial score (nSPS) is 20.1. The van der Waals surface area contributed by atoms with Gasteiger partial charge in [0.15, 0.2) is 0 Å². The van der Waals surface area contributed by atoms with Crippen LogP contribution in [0.2, 0.25) is 0 Å². The first kappa shape index (κ1) is 6.92. The molecule has 1 aliphatic rings. The standard InChI is InChI=1S/C9H13NO/c11-9(4-5-9)3-1-8-2-6-10-7-8/h2,6-7,10-11H,1,3-5H2. The fraction of sp³-hybridized carbons (Fsp3) is 0.556. The van der Waals surface area contributed by atoms with Crippen molar-refractivity contribution in [1.29, 1.82) is 0 Å². The fourth-order valence-corrected chi connectivity index (χ4v) is 1.29. The van der Waals surface area contributed by atoms with Crippen LogP contribution < -0.4 is 0 Å². The summed E-state index contributed by atoms with van der Waals surface area (Å²) < 4.78 is 0. The zero-order chi connectivity index (χ0) is 7.73. The predicted octanol–water partition coefficient (Wildman–Crippen LogP) is 1.47. The Hall–Kier alpha value is -0.760. The Morgan fingerprint density at radius 3 is 2.91 bits per heavy atom. The number of aryl methyl sites for hydroxylation is 1. The van der Waals surface area contributed by atoms with E-state index in [1.807, 2.05) is 12.4 Å². The average molecular weight is 151 g/mol. The van der Waals surface area contributed by atoms with Crippen molar-refractivity contribution >= 4 is 0 Å².